The van der Waals surface area contributed by atoms with Crippen LogP contribution in [0.25, 0.3) is 28.1 Å². The molecule has 0 saturated carbocycles. The number of rotatable bonds is 8. The molecular formula is C26H28FNO4. The molecule has 3 rings (SSSR count). The van der Waals surface area contributed by atoms with Gasteiger partial charge in [-0.2, -0.15) is 0 Å². The van der Waals surface area contributed by atoms with E-state index in [0.717, 1.165) is 27.7 Å². The van der Waals surface area contributed by atoms with E-state index in [1.165, 1.54) is 19.1 Å². The molecule has 168 valence electrons. The van der Waals surface area contributed by atoms with Crippen molar-refractivity contribution in [2.24, 2.45) is 0 Å². The van der Waals surface area contributed by atoms with Gasteiger partial charge in [-0.1, -0.05) is 30.3 Å². The summed E-state index contributed by atoms with van der Waals surface area (Å²) in [5.74, 6) is -1.22. The van der Waals surface area contributed by atoms with Gasteiger partial charge in [0.2, 0.25) is 0 Å². The van der Waals surface area contributed by atoms with Crippen LogP contribution in [-0.2, 0) is 19.1 Å². The highest BCUT2D eigenvalue weighted by Gasteiger charge is 2.20. The number of fused-ring (bicyclic) bond motifs is 1. The molecule has 0 N–H and O–H groups in total. The van der Waals surface area contributed by atoms with Crippen LogP contribution in [0.3, 0.4) is 0 Å². The smallest absolute Gasteiger partial charge is 0.309 e. The lowest BCUT2D eigenvalue weighted by atomic mass is 10.0. The quantitative estimate of drug-likeness (QED) is 0.410. The van der Waals surface area contributed by atoms with Crippen molar-refractivity contribution in [3.8, 4) is 11.1 Å². The lowest BCUT2D eigenvalue weighted by molar-refractivity contribution is -0.150. The number of carbonyl (C=O) groups excluding carboxylic acids is 2. The first-order valence-corrected chi connectivity index (χ1v) is 10.7. The summed E-state index contributed by atoms with van der Waals surface area (Å²) in [7, 11) is 0. The average Bonchev–Trinajstić information content (AvgIpc) is 3.06. The molecule has 0 radical (unpaired) electrons. The Labute approximate surface area is 187 Å². The fraction of sp³-hybridized carbons (Fsp3) is 0.308. The fourth-order valence-electron chi connectivity index (χ4n) is 3.87. The van der Waals surface area contributed by atoms with E-state index >= 15 is 0 Å². The molecule has 0 saturated heterocycles. The van der Waals surface area contributed by atoms with E-state index in [2.05, 4.69) is 18.4 Å². The molecule has 6 heteroatoms. The van der Waals surface area contributed by atoms with Gasteiger partial charge in [0, 0.05) is 35.1 Å². The highest BCUT2D eigenvalue weighted by atomic mass is 19.1. The lowest BCUT2D eigenvalue weighted by Crippen LogP contribution is -2.19. The van der Waals surface area contributed by atoms with Crippen molar-refractivity contribution in [1.82, 2.24) is 4.57 Å². The molecule has 0 aliphatic carbocycles. The van der Waals surface area contributed by atoms with Crippen molar-refractivity contribution in [2.45, 2.75) is 46.3 Å². The zero-order valence-corrected chi connectivity index (χ0v) is 18.8. The second-order valence-corrected chi connectivity index (χ2v) is 7.76. The Kier molecular flexibility index (Phi) is 7.46. The van der Waals surface area contributed by atoms with Gasteiger partial charge in [-0.05, 0) is 56.7 Å². The normalized spacial score (nSPS) is 12.4. The van der Waals surface area contributed by atoms with Crippen molar-refractivity contribution in [1.29, 1.82) is 0 Å². The summed E-state index contributed by atoms with van der Waals surface area (Å²) < 4.78 is 26.1. The first-order valence-electron chi connectivity index (χ1n) is 10.7. The summed E-state index contributed by atoms with van der Waals surface area (Å²) in [6, 6.07) is 14.5. The van der Waals surface area contributed by atoms with E-state index in [1.54, 1.807) is 25.1 Å². The van der Waals surface area contributed by atoms with Gasteiger partial charge in [-0.25, -0.2) is 4.39 Å². The van der Waals surface area contributed by atoms with E-state index in [1.807, 2.05) is 30.3 Å². The van der Waals surface area contributed by atoms with Crippen LogP contribution in [0.1, 0.15) is 45.9 Å². The maximum Gasteiger partial charge on any atom is 0.309 e. The molecule has 3 aromatic rings. The highest BCUT2D eigenvalue weighted by molar-refractivity contribution is 6.01. The SMILES string of the molecule is CCOC(=O)C[C@@H](C=Cc1c(-c2ccc(F)cc2)c2ccccc2n1C(C)C)OC(C)=O. The van der Waals surface area contributed by atoms with Crippen LogP contribution >= 0.6 is 0 Å². The highest BCUT2D eigenvalue weighted by Crippen LogP contribution is 2.38. The van der Waals surface area contributed by atoms with Gasteiger partial charge < -0.3 is 14.0 Å². The minimum Gasteiger partial charge on any atom is -0.466 e. The van der Waals surface area contributed by atoms with Crippen LogP contribution in [0.15, 0.2) is 54.6 Å². The Morgan fingerprint density at radius 1 is 1.09 bits per heavy atom. The predicted molar refractivity (Wildman–Crippen MR) is 124 cm³/mol. The average molecular weight is 438 g/mol. The molecule has 0 aliphatic rings. The molecule has 0 fully saturated rings. The standard InChI is InChI=1S/C26H28FNO4/c1-5-31-25(30)16-21(32-18(4)29)14-15-24-26(19-10-12-20(27)13-11-19)22-8-6-7-9-23(22)28(24)17(2)3/h6-15,17,21H,5,16H2,1-4H3/t21-/m1/s1. The molecule has 2 aromatic carbocycles. The monoisotopic (exact) mass is 437 g/mol. The number of halogens is 1. The molecule has 0 bridgehead atoms. The summed E-state index contributed by atoms with van der Waals surface area (Å²) in [5.41, 5.74) is 3.74. The Bertz CT molecular complexity index is 1130. The van der Waals surface area contributed by atoms with Crippen molar-refractivity contribution >= 4 is 28.9 Å². The molecule has 5 nitrogen and oxygen atoms in total. The van der Waals surface area contributed by atoms with Gasteiger partial charge in [0.15, 0.2) is 0 Å². The van der Waals surface area contributed by atoms with Gasteiger partial charge >= 0.3 is 11.9 Å². The zero-order chi connectivity index (χ0) is 23.3. The molecule has 32 heavy (non-hydrogen) atoms. The Morgan fingerprint density at radius 2 is 1.78 bits per heavy atom. The van der Waals surface area contributed by atoms with Crippen molar-refractivity contribution in [3.05, 3.63) is 66.1 Å². The van der Waals surface area contributed by atoms with Gasteiger partial charge in [0.05, 0.1) is 13.0 Å². The zero-order valence-electron chi connectivity index (χ0n) is 18.8. The van der Waals surface area contributed by atoms with Gasteiger partial charge in [-0.15, -0.1) is 0 Å². The van der Waals surface area contributed by atoms with Gasteiger partial charge in [0.25, 0.3) is 0 Å². The van der Waals surface area contributed by atoms with Crippen molar-refractivity contribution in [2.75, 3.05) is 6.61 Å². The minimum atomic E-state index is -0.758. The first kappa shape index (κ1) is 23.3. The number of esters is 2. The number of carbonyl (C=O) groups is 2. The third kappa shape index (κ3) is 5.25. The number of benzene rings is 2. The fourth-order valence-corrected chi connectivity index (χ4v) is 3.87. The van der Waals surface area contributed by atoms with Crippen LogP contribution in [0.4, 0.5) is 4.39 Å². The maximum atomic E-state index is 13.6. The Morgan fingerprint density at radius 3 is 2.41 bits per heavy atom. The summed E-state index contributed by atoms with van der Waals surface area (Å²) in [6.45, 7) is 7.46. The maximum absolute atomic E-state index is 13.6. The second-order valence-electron chi connectivity index (χ2n) is 7.76. The Balaban J connectivity index is 2.15. The Hall–Kier alpha value is -3.41. The van der Waals surface area contributed by atoms with E-state index in [4.69, 9.17) is 9.47 Å². The van der Waals surface area contributed by atoms with Gasteiger partial charge in [0.1, 0.15) is 11.9 Å². The molecule has 0 amide bonds. The van der Waals surface area contributed by atoms with Crippen molar-refractivity contribution < 1.29 is 23.5 Å². The first-order chi connectivity index (χ1) is 15.3. The van der Waals surface area contributed by atoms with E-state index in [-0.39, 0.29) is 24.9 Å². The second kappa shape index (κ2) is 10.3. The summed E-state index contributed by atoms with van der Waals surface area (Å²) >= 11 is 0. The van der Waals surface area contributed by atoms with E-state index < -0.39 is 18.0 Å². The summed E-state index contributed by atoms with van der Waals surface area (Å²) in [5, 5.41) is 1.03. The molecule has 1 heterocycles. The summed E-state index contributed by atoms with van der Waals surface area (Å²) in [4.78, 5) is 23.6. The van der Waals surface area contributed by atoms with Crippen molar-refractivity contribution in [3.63, 3.8) is 0 Å². The van der Waals surface area contributed by atoms with Gasteiger partial charge in [-0.3, -0.25) is 9.59 Å². The molecule has 0 unspecified atom stereocenters. The van der Waals surface area contributed by atoms with E-state index in [0.29, 0.717) is 0 Å². The van der Waals surface area contributed by atoms with Crippen LogP contribution in [0.5, 0.6) is 0 Å². The third-order valence-corrected chi connectivity index (χ3v) is 5.06. The van der Waals surface area contributed by atoms with Crippen LogP contribution < -0.4 is 0 Å². The number of nitrogens with zero attached hydrogens (tertiary/aromatic N) is 1. The van der Waals surface area contributed by atoms with Crippen LogP contribution in [0.2, 0.25) is 0 Å². The number of aromatic nitrogens is 1. The minimum absolute atomic E-state index is 0.0717. The number of hydrogen-bond donors (Lipinski definition) is 0. The molecule has 1 aromatic heterocycles. The summed E-state index contributed by atoms with van der Waals surface area (Å²) in [6.07, 6.45) is 2.74. The molecule has 0 aliphatic heterocycles. The predicted octanol–water partition coefficient (Wildman–Crippen LogP) is 5.93. The third-order valence-electron chi connectivity index (χ3n) is 5.06. The van der Waals surface area contributed by atoms with Crippen LogP contribution in [-0.4, -0.2) is 29.2 Å². The van der Waals surface area contributed by atoms with E-state index in [9.17, 15) is 14.0 Å². The number of hydrogen-bond acceptors (Lipinski definition) is 4. The number of para-hydroxylation sites is 1. The largest absolute Gasteiger partial charge is 0.466 e. The van der Waals surface area contributed by atoms with Crippen LogP contribution in [0, 0.1) is 5.82 Å². The topological polar surface area (TPSA) is 57.5 Å². The number of ether oxygens (including phenoxy) is 2. The molecule has 0 spiro atoms. The lowest BCUT2D eigenvalue weighted by Gasteiger charge is -2.15. The molecule has 1 atom stereocenters. The molecular weight excluding hydrogens is 409 g/mol.